The molecular formula is C23H20N2O4. The second-order valence-electron chi connectivity index (χ2n) is 7.80. The fourth-order valence-corrected chi connectivity index (χ4v) is 4.91. The van der Waals surface area contributed by atoms with Crippen LogP contribution in [0.1, 0.15) is 11.1 Å². The van der Waals surface area contributed by atoms with Gasteiger partial charge in [-0.1, -0.05) is 12.1 Å². The number of pyridine rings is 1. The number of fused-ring (bicyclic) bond motifs is 5. The Kier molecular flexibility index (Phi) is 3.30. The molecule has 0 radical (unpaired) electrons. The molecule has 3 aliphatic rings. The standard InChI is InChI=1S/C23H20N2O4/c1-24-13-23(14-29-18-12-20-19(11-15(18)23)27-9-10-28-20)22-16(24)5-4-6-17(22)25-8-3-2-7-21(25)26/h2-8,11-12H,9-10,13-14H2,1H3. The smallest absolute Gasteiger partial charge is 0.255 e. The molecule has 0 saturated carbocycles. The molecule has 6 heteroatoms. The molecule has 0 saturated heterocycles. The third-order valence-corrected chi connectivity index (χ3v) is 6.13. The normalized spacial score (nSPS) is 21.1. The van der Waals surface area contributed by atoms with Crippen LogP contribution in [0.25, 0.3) is 5.69 Å². The van der Waals surface area contributed by atoms with Gasteiger partial charge in [0.05, 0.1) is 11.1 Å². The zero-order chi connectivity index (χ0) is 19.6. The van der Waals surface area contributed by atoms with Crippen molar-refractivity contribution in [2.24, 2.45) is 0 Å². The van der Waals surface area contributed by atoms with Crippen molar-refractivity contribution in [2.75, 3.05) is 38.3 Å². The van der Waals surface area contributed by atoms with Crippen molar-refractivity contribution >= 4 is 5.69 Å². The molecule has 2 aromatic carbocycles. The van der Waals surface area contributed by atoms with Gasteiger partial charge in [-0.25, -0.2) is 0 Å². The predicted molar refractivity (Wildman–Crippen MR) is 109 cm³/mol. The van der Waals surface area contributed by atoms with E-state index in [1.807, 2.05) is 30.5 Å². The Morgan fingerprint density at radius 1 is 0.897 bits per heavy atom. The molecule has 1 aromatic heterocycles. The lowest BCUT2D eigenvalue weighted by atomic mass is 9.76. The van der Waals surface area contributed by atoms with Crippen LogP contribution in [0.15, 0.2) is 59.5 Å². The summed E-state index contributed by atoms with van der Waals surface area (Å²) in [6.45, 7) is 2.37. The van der Waals surface area contributed by atoms with Crippen LogP contribution in [0.4, 0.5) is 5.69 Å². The zero-order valence-electron chi connectivity index (χ0n) is 16.1. The van der Waals surface area contributed by atoms with Gasteiger partial charge >= 0.3 is 0 Å². The number of hydrogen-bond acceptors (Lipinski definition) is 5. The highest BCUT2D eigenvalue weighted by Crippen LogP contribution is 2.55. The van der Waals surface area contributed by atoms with E-state index in [2.05, 4.69) is 24.1 Å². The average molecular weight is 388 g/mol. The summed E-state index contributed by atoms with van der Waals surface area (Å²) in [5, 5.41) is 0. The van der Waals surface area contributed by atoms with E-state index in [9.17, 15) is 4.79 Å². The Bertz CT molecular complexity index is 1200. The van der Waals surface area contributed by atoms with Crippen LogP contribution in [0.2, 0.25) is 0 Å². The highest BCUT2D eigenvalue weighted by molar-refractivity contribution is 5.75. The lowest BCUT2D eigenvalue weighted by Crippen LogP contribution is -2.35. The summed E-state index contributed by atoms with van der Waals surface area (Å²) in [6.07, 6.45) is 1.82. The third kappa shape index (κ3) is 2.20. The maximum absolute atomic E-state index is 12.6. The first-order chi connectivity index (χ1) is 14.2. The molecule has 0 fully saturated rings. The van der Waals surface area contributed by atoms with Crippen molar-refractivity contribution in [3.05, 3.63) is 76.2 Å². The van der Waals surface area contributed by atoms with Gasteiger partial charge in [-0.2, -0.15) is 0 Å². The quantitative estimate of drug-likeness (QED) is 0.642. The number of aromatic nitrogens is 1. The molecule has 146 valence electrons. The summed E-state index contributed by atoms with van der Waals surface area (Å²) in [4.78, 5) is 14.9. The van der Waals surface area contributed by atoms with Crippen molar-refractivity contribution in [2.45, 2.75) is 5.41 Å². The van der Waals surface area contributed by atoms with Gasteiger partial charge in [-0.05, 0) is 24.3 Å². The maximum atomic E-state index is 12.6. The Morgan fingerprint density at radius 3 is 2.52 bits per heavy atom. The van der Waals surface area contributed by atoms with Gasteiger partial charge in [-0.15, -0.1) is 0 Å². The number of ether oxygens (including phenoxy) is 3. The molecule has 0 amide bonds. The van der Waals surface area contributed by atoms with Crippen molar-refractivity contribution < 1.29 is 14.2 Å². The lowest BCUT2D eigenvalue weighted by molar-refractivity contribution is 0.171. The largest absolute Gasteiger partial charge is 0.492 e. The SMILES string of the molecule is CN1CC2(COc3cc4c(cc32)OCCO4)c2c1cccc2-n1ccccc1=O. The summed E-state index contributed by atoms with van der Waals surface area (Å²) in [5.41, 5.74) is 3.79. The van der Waals surface area contributed by atoms with Gasteiger partial charge in [0.25, 0.3) is 5.56 Å². The summed E-state index contributed by atoms with van der Waals surface area (Å²) >= 11 is 0. The van der Waals surface area contributed by atoms with Crippen LogP contribution in [0.3, 0.4) is 0 Å². The molecule has 4 heterocycles. The highest BCUT2D eigenvalue weighted by Gasteiger charge is 2.51. The van der Waals surface area contributed by atoms with Gasteiger partial charge < -0.3 is 19.1 Å². The molecule has 1 unspecified atom stereocenters. The van der Waals surface area contributed by atoms with Crippen LogP contribution in [-0.2, 0) is 5.41 Å². The number of hydrogen-bond donors (Lipinski definition) is 0. The molecule has 3 aromatic rings. The zero-order valence-corrected chi connectivity index (χ0v) is 16.1. The van der Waals surface area contributed by atoms with Crippen molar-refractivity contribution in [3.8, 4) is 22.9 Å². The summed E-state index contributed by atoms with van der Waals surface area (Å²) in [6, 6.07) is 15.4. The van der Waals surface area contributed by atoms with E-state index in [-0.39, 0.29) is 11.0 Å². The predicted octanol–water partition coefficient (Wildman–Crippen LogP) is 2.74. The number of likely N-dealkylation sites (N-methyl/N-ethyl adjacent to an activating group) is 1. The molecule has 29 heavy (non-hydrogen) atoms. The summed E-state index contributed by atoms with van der Waals surface area (Å²) < 4.78 is 19.5. The van der Waals surface area contributed by atoms with Crippen molar-refractivity contribution in [1.29, 1.82) is 0 Å². The van der Waals surface area contributed by atoms with Crippen LogP contribution in [0, 0.1) is 0 Å². The Labute approximate surface area is 167 Å². The topological polar surface area (TPSA) is 52.9 Å². The molecule has 1 spiro atoms. The second-order valence-corrected chi connectivity index (χ2v) is 7.80. The number of benzene rings is 2. The molecule has 0 N–H and O–H groups in total. The Hall–Kier alpha value is -3.41. The highest BCUT2D eigenvalue weighted by atomic mass is 16.6. The lowest BCUT2D eigenvalue weighted by Gasteiger charge is -2.27. The Balaban J connectivity index is 1.62. The monoisotopic (exact) mass is 388 g/mol. The van der Waals surface area contributed by atoms with E-state index in [1.54, 1.807) is 16.7 Å². The Morgan fingerprint density at radius 2 is 1.69 bits per heavy atom. The average Bonchev–Trinajstić information content (AvgIpc) is 3.24. The van der Waals surface area contributed by atoms with Crippen molar-refractivity contribution in [1.82, 2.24) is 4.57 Å². The second kappa shape index (κ2) is 5.80. The van der Waals surface area contributed by atoms with Gasteiger partial charge in [0, 0.05) is 48.7 Å². The van der Waals surface area contributed by atoms with Gasteiger partial charge in [0.1, 0.15) is 25.6 Å². The molecule has 6 rings (SSSR count). The molecule has 0 aliphatic carbocycles. The summed E-state index contributed by atoms with van der Waals surface area (Å²) in [5.74, 6) is 2.31. The first-order valence-corrected chi connectivity index (χ1v) is 9.77. The first-order valence-electron chi connectivity index (χ1n) is 9.77. The van der Waals surface area contributed by atoms with Crippen LogP contribution in [-0.4, -0.2) is 38.0 Å². The van der Waals surface area contributed by atoms with Crippen LogP contribution < -0.4 is 24.7 Å². The molecule has 0 bridgehead atoms. The molecule has 1 atom stereocenters. The minimum Gasteiger partial charge on any atom is -0.492 e. The molecular weight excluding hydrogens is 368 g/mol. The van der Waals surface area contributed by atoms with E-state index in [1.165, 1.54) is 0 Å². The summed E-state index contributed by atoms with van der Waals surface area (Å²) in [7, 11) is 2.08. The van der Waals surface area contributed by atoms with Gasteiger partial charge in [-0.3, -0.25) is 9.36 Å². The number of rotatable bonds is 1. The number of anilines is 1. The van der Waals surface area contributed by atoms with Crippen molar-refractivity contribution in [3.63, 3.8) is 0 Å². The first kappa shape index (κ1) is 16.5. The fourth-order valence-electron chi connectivity index (χ4n) is 4.91. The van der Waals surface area contributed by atoms with E-state index < -0.39 is 0 Å². The minimum atomic E-state index is -0.374. The number of nitrogens with zero attached hydrogens (tertiary/aromatic N) is 2. The maximum Gasteiger partial charge on any atom is 0.255 e. The fraction of sp³-hybridized carbons (Fsp3) is 0.261. The molecule has 3 aliphatic heterocycles. The van der Waals surface area contributed by atoms with E-state index in [0.717, 1.165) is 46.3 Å². The van der Waals surface area contributed by atoms with E-state index in [0.29, 0.717) is 19.8 Å². The van der Waals surface area contributed by atoms with E-state index >= 15 is 0 Å². The molecule has 6 nitrogen and oxygen atoms in total. The van der Waals surface area contributed by atoms with Crippen LogP contribution in [0.5, 0.6) is 17.2 Å². The van der Waals surface area contributed by atoms with Gasteiger partial charge in [0.15, 0.2) is 11.5 Å². The van der Waals surface area contributed by atoms with Crippen LogP contribution >= 0.6 is 0 Å². The third-order valence-electron chi connectivity index (χ3n) is 6.13. The van der Waals surface area contributed by atoms with E-state index in [4.69, 9.17) is 14.2 Å². The van der Waals surface area contributed by atoms with Gasteiger partial charge in [0.2, 0.25) is 0 Å². The minimum absolute atomic E-state index is 0.0492.